The van der Waals surface area contributed by atoms with Gasteiger partial charge in [-0.15, -0.1) is 0 Å². The number of alkyl halides is 3. The zero-order chi connectivity index (χ0) is 23.3. The summed E-state index contributed by atoms with van der Waals surface area (Å²) in [4.78, 5) is 30.0. The number of piperidine rings is 1. The number of nitrogens with one attached hydrogen (secondary N) is 1. The quantitative estimate of drug-likeness (QED) is 0.697. The van der Waals surface area contributed by atoms with Gasteiger partial charge >= 0.3 is 17.9 Å². The minimum absolute atomic E-state index is 0.214. The van der Waals surface area contributed by atoms with Gasteiger partial charge in [-0.1, -0.05) is 12.1 Å². The molecule has 1 aliphatic heterocycles. The molecule has 0 radical (unpaired) electrons. The fourth-order valence-corrected chi connectivity index (χ4v) is 3.02. The Kier molecular flexibility index (Phi) is 7.54. The number of carbonyl (C=O) groups excluding carboxylic acids is 2. The molecule has 31 heavy (non-hydrogen) atoms. The maximum atomic E-state index is 12.7. The van der Waals surface area contributed by atoms with E-state index < -0.39 is 36.0 Å². The lowest BCUT2D eigenvalue weighted by Gasteiger charge is -2.35. The third-order valence-corrected chi connectivity index (χ3v) is 4.53. The van der Waals surface area contributed by atoms with Crippen LogP contribution in [0.2, 0.25) is 0 Å². The zero-order valence-corrected chi connectivity index (χ0v) is 17.7. The van der Waals surface area contributed by atoms with Crippen molar-refractivity contribution in [1.29, 1.82) is 0 Å². The molecule has 0 aromatic heterocycles. The van der Waals surface area contributed by atoms with Crippen LogP contribution in [0.4, 0.5) is 18.0 Å². The summed E-state index contributed by atoms with van der Waals surface area (Å²) in [6.07, 6.45) is -4.43. The number of likely N-dealkylation sites (tertiary alicyclic amines) is 1. The number of rotatable bonds is 5. The predicted octanol–water partition coefficient (Wildman–Crippen LogP) is 4.14. The van der Waals surface area contributed by atoms with Gasteiger partial charge in [-0.25, -0.2) is 11.4 Å². The molecule has 1 N–H and O–H groups in total. The molecule has 2 amide bonds. The van der Waals surface area contributed by atoms with Crippen LogP contribution >= 0.6 is 0 Å². The van der Waals surface area contributed by atoms with Gasteiger partial charge in [0.15, 0.2) is 0 Å². The number of carbonyl (C=O) groups is 2. The molecular weight excluding hydrogens is 415 g/mol. The molecule has 0 unspecified atom stereocenters. The molecule has 1 aromatic rings. The molecule has 1 heterocycles. The minimum Gasteiger partial charge on any atom is -0.444 e. The van der Waals surface area contributed by atoms with Crippen LogP contribution in [0.5, 0.6) is 0 Å². The summed E-state index contributed by atoms with van der Waals surface area (Å²) in [6.45, 7) is 11.7. The van der Waals surface area contributed by atoms with Crippen LogP contribution in [0, 0.1) is 6.57 Å². The monoisotopic (exact) mass is 441 g/mol. The van der Waals surface area contributed by atoms with Gasteiger partial charge < -0.3 is 14.4 Å². The first-order valence-corrected chi connectivity index (χ1v) is 9.75. The van der Waals surface area contributed by atoms with Crippen LogP contribution in [-0.2, 0) is 16.1 Å². The topological polar surface area (TPSA) is 72.2 Å². The molecule has 1 saturated heterocycles. The lowest BCUT2D eigenvalue weighted by molar-refractivity contribution is -0.176. The number of halogens is 3. The van der Waals surface area contributed by atoms with Crippen molar-refractivity contribution in [3.05, 3.63) is 46.8 Å². The van der Waals surface area contributed by atoms with E-state index in [0.717, 1.165) is 0 Å². The fraction of sp³-hybridized carbons (Fsp3) is 0.571. The second-order valence-electron chi connectivity index (χ2n) is 8.37. The smallest absolute Gasteiger partial charge is 0.411 e. The summed E-state index contributed by atoms with van der Waals surface area (Å²) in [5.74, 6) is -0.514. The van der Waals surface area contributed by atoms with Gasteiger partial charge in [0.05, 0.1) is 19.4 Å². The average Bonchev–Trinajstić information content (AvgIpc) is 2.66. The number of ether oxygens (including phenoxy) is 2. The lowest BCUT2D eigenvalue weighted by Crippen LogP contribution is -2.54. The largest absolute Gasteiger partial charge is 0.444 e. The molecule has 0 atom stereocenters. The zero-order valence-electron chi connectivity index (χ0n) is 17.7. The van der Waals surface area contributed by atoms with E-state index in [-0.39, 0.29) is 38.1 Å². The van der Waals surface area contributed by atoms with Crippen molar-refractivity contribution >= 4 is 12.0 Å². The van der Waals surface area contributed by atoms with E-state index >= 15 is 0 Å². The van der Waals surface area contributed by atoms with E-state index in [9.17, 15) is 22.8 Å². The van der Waals surface area contributed by atoms with E-state index in [1.165, 1.54) is 23.1 Å². The first-order chi connectivity index (χ1) is 14.3. The molecule has 0 aliphatic carbocycles. The number of benzene rings is 1. The molecule has 1 aromatic carbocycles. The average molecular weight is 441 g/mol. The number of nitrogens with zero attached hydrogens (tertiary/aromatic N) is 2. The highest BCUT2D eigenvalue weighted by atomic mass is 19.4. The van der Waals surface area contributed by atoms with Crippen LogP contribution < -0.4 is 5.32 Å². The van der Waals surface area contributed by atoms with Crippen LogP contribution in [0.25, 0.3) is 4.85 Å². The highest BCUT2D eigenvalue weighted by Gasteiger charge is 2.44. The number of hydrogen-bond acceptors (Lipinski definition) is 4. The molecule has 0 spiro atoms. The third kappa shape index (κ3) is 7.75. The summed E-state index contributed by atoms with van der Waals surface area (Å²) >= 11 is 0. The fourth-order valence-electron chi connectivity index (χ4n) is 3.02. The highest BCUT2D eigenvalue weighted by Crippen LogP contribution is 2.26. The molecule has 0 saturated carbocycles. The Morgan fingerprint density at radius 3 is 2.42 bits per heavy atom. The Balaban J connectivity index is 1.97. The maximum absolute atomic E-state index is 12.7. The number of amides is 2. The van der Waals surface area contributed by atoms with Crippen LogP contribution in [-0.4, -0.2) is 54.0 Å². The van der Waals surface area contributed by atoms with Crippen molar-refractivity contribution < 1.29 is 32.2 Å². The molecule has 10 heteroatoms. The summed E-state index contributed by atoms with van der Waals surface area (Å²) in [5.41, 5.74) is -1.17. The van der Waals surface area contributed by atoms with Crippen LogP contribution in [0.15, 0.2) is 24.3 Å². The third-order valence-electron chi connectivity index (χ3n) is 4.53. The van der Waals surface area contributed by atoms with Crippen LogP contribution in [0.3, 0.4) is 0 Å². The predicted molar refractivity (Wildman–Crippen MR) is 106 cm³/mol. The molecular formula is C21H26F3N3O4. The van der Waals surface area contributed by atoms with Gasteiger partial charge in [0.25, 0.3) is 5.91 Å². The molecule has 2 rings (SSSR count). The van der Waals surface area contributed by atoms with Crippen molar-refractivity contribution in [3.63, 3.8) is 0 Å². The van der Waals surface area contributed by atoms with Gasteiger partial charge in [-0.05, 0) is 38.5 Å². The van der Waals surface area contributed by atoms with Gasteiger partial charge in [0, 0.05) is 18.7 Å². The highest BCUT2D eigenvalue weighted by molar-refractivity contribution is 5.95. The van der Waals surface area contributed by atoms with Crippen molar-refractivity contribution in [1.82, 2.24) is 10.2 Å². The van der Waals surface area contributed by atoms with Crippen molar-refractivity contribution in [2.24, 2.45) is 0 Å². The first-order valence-electron chi connectivity index (χ1n) is 9.75. The van der Waals surface area contributed by atoms with Crippen molar-refractivity contribution in [2.45, 2.75) is 57.7 Å². The standard InChI is InChI=1S/C21H26F3N3O4/c1-19(2,3)31-18(29)27-10-8-20(25-4,9-11-27)26-17(28)16-7-5-6-15(12-16)13-30-14-21(22,23)24/h5-7,12H,8-11,13-14H2,1-3H3,(H,26,28). The van der Waals surface area contributed by atoms with E-state index in [4.69, 9.17) is 11.3 Å². The van der Waals surface area contributed by atoms with Gasteiger partial charge in [-0.2, -0.15) is 13.2 Å². The molecule has 1 fully saturated rings. The summed E-state index contributed by atoms with van der Waals surface area (Å²) in [5, 5.41) is 2.72. The van der Waals surface area contributed by atoms with E-state index in [2.05, 4.69) is 14.9 Å². The first kappa shape index (κ1) is 24.5. The van der Waals surface area contributed by atoms with Crippen LogP contribution in [0.1, 0.15) is 49.5 Å². The van der Waals surface area contributed by atoms with Crippen molar-refractivity contribution in [2.75, 3.05) is 19.7 Å². The number of hydrogen-bond donors (Lipinski definition) is 1. The molecule has 0 bridgehead atoms. The summed E-state index contributed by atoms with van der Waals surface area (Å²) < 4.78 is 46.6. The Morgan fingerprint density at radius 2 is 1.87 bits per heavy atom. The summed E-state index contributed by atoms with van der Waals surface area (Å²) in [6, 6.07) is 6.03. The SMILES string of the molecule is [C-]#[N+]C1(NC(=O)c2cccc(COCC(F)(F)F)c2)CCN(C(=O)OC(C)(C)C)CC1. The van der Waals surface area contributed by atoms with Gasteiger partial charge in [-0.3, -0.25) is 15.0 Å². The summed E-state index contributed by atoms with van der Waals surface area (Å²) in [7, 11) is 0. The minimum atomic E-state index is -4.43. The van der Waals surface area contributed by atoms with Gasteiger partial charge in [0.1, 0.15) is 12.2 Å². The Morgan fingerprint density at radius 1 is 1.23 bits per heavy atom. The maximum Gasteiger partial charge on any atom is 0.411 e. The second-order valence-corrected chi connectivity index (χ2v) is 8.37. The van der Waals surface area contributed by atoms with E-state index in [1.54, 1.807) is 26.8 Å². The van der Waals surface area contributed by atoms with E-state index in [0.29, 0.717) is 5.56 Å². The Bertz CT molecular complexity index is 835. The Labute approximate surface area is 179 Å². The van der Waals surface area contributed by atoms with Crippen molar-refractivity contribution in [3.8, 4) is 0 Å². The molecule has 1 aliphatic rings. The lowest BCUT2D eigenvalue weighted by atomic mass is 9.97. The van der Waals surface area contributed by atoms with Gasteiger partial charge in [0.2, 0.25) is 0 Å². The van der Waals surface area contributed by atoms with E-state index in [1.807, 2.05) is 0 Å². The normalized spacial score (nSPS) is 16.4. The molecule has 170 valence electrons. The second kappa shape index (κ2) is 9.56. The Hall–Kier alpha value is -2.80. The molecule has 7 nitrogen and oxygen atoms in total.